The molecule has 2 N–H and O–H groups in total. The number of aromatic nitrogens is 2. The highest BCUT2D eigenvalue weighted by molar-refractivity contribution is 6.05. The van der Waals surface area contributed by atoms with Gasteiger partial charge in [-0.05, 0) is 42.0 Å². The fraction of sp³-hybridized carbons (Fsp3) is 0.0556. The minimum absolute atomic E-state index is 0.229. The normalized spacial score (nSPS) is 11.3. The number of H-pyrrole nitrogens is 1. The molecule has 3 aromatic rings. The van der Waals surface area contributed by atoms with Crippen LogP contribution in [0, 0.1) is 5.82 Å². The topological polar surface area (TPSA) is 74.8 Å². The van der Waals surface area contributed by atoms with Crippen molar-refractivity contribution in [2.75, 3.05) is 5.32 Å². The number of amides is 1. The van der Waals surface area contributed by atoms with Crippen molar-refractivity contribution in [2.24, 2.45) is 0 Å². The number of nitrogens with one attached hydrogen (secondary N) is 2. The zero-order valence-electron chi connectivity index (χ0n) is 13.5. The molecule has 0 unspecified atom stereocenters. The van der Waals surface area contributed by atoms with Gasteiger partial charge in [0.2, 0.25) is 0 Å². The molecular formula is C18H11F4N3O2. The lowest BCUT2D eigenvalue weighted by Crippen LogP contribution is -2.23. The van der Waals surface area contributed by atoms with Crippen LogP contribution in [0.5, 0.6) is 0 Å². The van der Waals surface area contributed by atoms with Gasteiger partial charge in [-0.3, -0.25) is 14.6 Å². The van der Waals surface area contributed by atoms with E-state index in [4.69, 9.17) is 0 Å². The lowest BCUT2D eigenvalue weighted by molar-refractivity contribution is -0.138. The van der Waals surface area contributed by atoms with E-state index < -0.39 is 34.6 Å². The molecule has 0 atom stereocenters. The highest BCUT2D eigenvalue weighted by Crippen LogP contribution is 2.33. The Morgan fingerprint density at radius 3 is 2.41 bits per heavy atom. The molecule has 0 radical (unpaired) electrons. The second-order valence-corrected chi connectivity index (χ2v) is 5.51. The maximum atomic E-state index is 13.2. The number of hydrogen-bond donors (Lipinski definition) is 2. The Labute approximate surface area is 149 Å². The van der Waals surface area contributed by atoms with Gasteiger partial charge in [0.15, 0.2) is 0 Å². The first kappa shape index (κ1) is 18.3. The molecule has 5 nitrogen and oxygen atoms in total. The largest absolute Gasteiger partial charge is 0.417 e. The predicted molar refractivity (Wildman–Crippen MR) is 89.6 cm³/mol. The zero-order valence-corrected chi connectivity index (χ0v) is 13.5. The van der Waals surface area contributed by atoms with Crippen molar-refractivity contribution in [1.82, 2.24) is 9.97 Å². The van der Waals surface area contributed by atoms with Crippen molar-refractivity contribution in [2.45, 2.75) is 6.18 Å². The van der Waals surface area contributed by atoms with Gasteiger partial charge in [0.25, 0.3) is 11.5 Å². The van der Waals surface area contributed by atoms with Crippen LogP contribution in [0.1, 0.15) is 15.9 Å². The number of pyridine rings is 2. The monoisotopic (exact) mass is 377 g/mol. The van der Waals surface area contributed by atoms with E-state index in [2.05, 4.69) is 15.3 Å². The van der Waals surface area contributed by atoms with E-state index in [1.807, 2.05) is 0 Å². The van der Waals surface area contributed by atoms with Crippen molar-refractivity contribution in [3.8, 4) is 11.1 Å². The van der Waals surface area contributed by atoms with Crippen molar-refractivity contribution >= 4 is 11.6 Å². The number of hydrogen-bond acceptors (Lipinski definition) is 3. The third kappa shape index (κ3) is 4.02. The number of carbonyl (C=O) groups is 1. The Balaban J connectivity index is 1.97. The molecule has 2 aromatic heterocycles. The van der Waals surface area contributed by atoms with Gasteiger partial charge in [-0.1, -0.05) is 0 Å². The number of carbonyl (C=O) groups excluding carboxylic acids is 1. The van der Waals surface area contributed by atoms with E-state index in [1.165, 1.54) is 24.7 Å². The Bertz CT molecular complexity index is 1050. The molecule has 0 fully saturated rings. The summed E-state index contributed by atoms with van der Waals surface area (Å²) in [5.74, 6) is -2.31. The van der Waals surface area contributed by atoms with Crippen LogP contribution in [0.15, 0.2) is 59.8 Å². The fourth-order valence-electron chi connectivity index (χ4n) is 2.43. The molecule has 0 saturated carbocycles. The summed E-state index contributed by atoms with van der Waals surface area (Å²) in [4.78, 5) is 30.5. The molecular weight excluding hydrogens is 366 g/mol. The van der Waals surface area contributed by atoms with E-state index in [0.29, 0.717) is 17.2 Å². The van der Waals surface area contributed by atoms with Crippen LogP contribution in [0.2, 0.25) is 0 Å². The molecule has 0 aliphatic rings. The van der Waals surface area contributed by atoms with Gasteiger partial charge in [0, 0.05) is 24.2 Å². The third-order valence-electron chi connectivity index (χ3n) is 3.70. The summed E-state index contributed by atoms with van der Waals surface area (Å²) in [5.41, 5.74) is -1.97. The summed E-state index contributed by atoms with van der Waals surface area (Å²) in [6.45, 7) is 0. The average molecular weight is 377 g/mol. The number of nitrogens with zero attached hydrogens (tertiary/aromatic N) is 1. The fourth-order valence-corrected chi connectivity index (χ4v) is 2.43. The molecule has 0 aliphatic carbocycles. The Kier molecular flexibility index (Phi) is 4.76. The highest BCUT2D eigenvalue weighted by atomic mass is 19.4. The minimum atomic E-state index is -4.93. The van der Waals surface area contributed by atoms with Gasteiger partial charge in [0.1, 0.15) is 11.5 Å². The van der Waals surface area contributed by atoms with Gasteiger partial charge in [-0.25, -0.2) is 4.39 Å². The van der Waals surface area contributed by atoms with Crippen molar-refractivity contribution in [3.05, 3.63) is 82.3 Å². The van der Waals surface area contributed by atoms with Crippen LogP contribution in [0.25, 0.3) is 11.1 Å². The van der Waals surface area contributed by atoms with Crippen LogP contribution in [0.3, 0.4) is 0 Å². The van der Waals surface area contributed by atoms with Crippen LogP contribution in [-0.2, 0) is 6.18 Å². The maximum Gasteiger partial charge on any atom is 0.417 e. The third-order valence-corrected chi connectivity index (χ3v) is 3.70. The summed E-state index contributed by atoms with van der Waals surface area (Å²) in [6.07, 6.45) is -0.494. The highest BCUT2D eigenvalue weighted by Gasteiger charge is 2.35. The van der Waals surface area contributed by atoms with Crippen LogP contribution >= 0.6 is 0 Å². The van der Waals surface area contributed by atoms with Gasteiger partial charge >= 0.3 is 6.18 Å². The average Bonchev–Trinajstić information content (AvgIpc) is 2.63. The quantitative estimate of drug-likeness (QED) is 0.681. The minimum Gasteiger partial charge on any atom is -0.327 e. The standard InChI is InChI=1S/C18H11F4N3O2/c19-12-1-2-13(14(8-12)18(20,21)22)16(26)25-15-7-11(9-24-17(15)27)10-3-5-23-6-4-10/h1-9H,(H,24,27)(H,25,26). The maximum absolute atomic E-state index is 13.2. The number of halogens is 4. The van der Waals surface area contributed by atoms with E-state index in [9.17, 15) is 27.2 Å². The number of benzene rings is 1. The van der Waals surface area contributed by atoms with Gasteiger partial charge in [-0.2, -0.15) is 13.2 Å². The zero-order chi connectivity index (χ0) is 19.6. The molecule has 1 amide bonds. The lowest BCUT2D eigenvalue weighted by atomic mass is 10.1. The molecule has 0 saturated heterocycles. The van der Waals surface area contributed by atoms with E-state index in [1.54, 1.807) is 12.1 Å². The summed E-state index contributed by atoms with van der Waals surface area (Å²) in [7, 11) is 0. The van der Waals surface area contributed by atoms with Crippen molar-refractivity contribution in [1.29, 1.82) is 0 Å². The summed E-state index contributed by atoms with van der Waals surface area (Å²) < 4.78 is 52.4. The van der Waals surface area contributed by atoms with Crippen LogP contribution in [0.4, 0.5) is 23.2 Å². The number of rotatable bonds is 3. The number of alkyl halides is 3. The second-order valence-electron chi connectivity index (χ2n) is 5.51. The van der Waals surface area contributed by atoms with E-state index in [-0.39, 0.29) is 11.8 Å². The van der Waals surface area contributed by atoms with Crippen LogP contribution < -0.4 is 10.9 Å². The number of aromatic amines is 1. The first-order valence-corrected chi connectivity index (χ1v) is 7.57. The van der Waals surface area contributed by atoms with E-state index >= 15 is 0 Å². The SMILES string of the molecule is O=C(Nc1cc(-c2ccncc2)c[nH]c1=O)c1ccc(F)cc1C(F)(F)F. The molecule has 1 aromatic carbocycles. The predicted octanol–water partition coefficient (Wildman–Crippen LogP) is 3.85. The van der Waals surface area contributed by atoms with Crippen molar-refractivity contribution in [3.63, 3.8) is 0 Å². The molecule has 0 aliphatic heterocycles. The molecule has 2 heterocycles. The summed E-state index contributed by atoms with van der Waals surface area (Å²) in [5, 5.41) is 2.15. The van der Waals surface area contributed by atoms with Crippen molar-refractivity contribution < 1.29 is 22.4 Å². The Morgan fingerprint density at radius 1 is 1.04 bits per heavy atom. The molecule has 3 rings (SSSR count). The summed E-state index contributed by atoms with van der Waals surface area (Å²) in [6, 6.07) is 6.31. The van der Waals surface area contributed by atoms with E-state index in [0.717, 1.165) is 6.07 Å². The van der Waals surface area contributed by atoms with Gasteiger partial charge < -0.3 is 10.3 Å². The molecule has 138 valence electrons. The van der Waals surface area contributed by atoms with Crippen LogP contribution in [-0.4, -0.2) is 15.9 Å². The molecule has 27 heavy (non-hydrogen) atoms. The first-order chi connectivity index (χ1) is 12.8. The molecule has 9 heteroatoms. The molecule has 0 bridgehead atoms. The Morgan fingerprint density at radius 2 is 1.74 bits per heavy atom. The first-order valence-electron chi connectivity index (χ1n) is 7.57. The van der Waals surface area contributed by atoms with Gasteiger partial charge in [-0.15, -0.1) is 0 Å². The second kappa shape index (κ2) is 7.02. The molecule has 0 spiro atoms. The smallest absolute Gasteiger partial charge is 0.327 e. The van der Waals surface area contributed by atoms with Gasteiger partial charge in [0.05, 0.1) is 11.1 Å². The lowest BCUT2D eigenvalue weighted by Gasteiger charge is -2.13. The Hall–Kier alpha value is -3.49. The number of anilines is 1. The summed E-state index contributed by atoms with van der Waals surface area (Å²) >= 11 is 0.